The van der Waals surface area contributed by atoms with E-state index in [0.29, 0.717) is 12.0 Å². The highest BCUT2D eigenvalue weighted by Gasteiger charge is 2.44. The Kier molecular flexibility index (Phi) is 2.76. The van der Waals surface area contributed by atoms with E-state index in [-0.39, 0.29) is 5.60 Å². The van der Waals surface area contributed by atoms with Crippen molar-refractivity contribution in [3.05, 3.63) is 23.3 Å². The predicted octanol–water partition coefficient (Wildman–Crippen LogP) is 3.86. The van der Waals surface area contributed by atoms with Crippen molar-refractivity contribution >= 4 is 0 Å². The summed E-state index contributed by atoms with van der Waals surface area (Å²) in [7, 11) is 0. The van der Waals surface area contributed by atoms with E-state index >= 15 is 0 Å². The summed E-state index contributed by atoms with van der Waals surface area (Å²) in [5.41, 5.74) is 2.98. The third-order valence-electron chi connectivity index (χ3n) is 4.23. The lowest BCUT2D eigenvalue weighted by atomic mass is 9.70. The van der Waals surface area contributed by atoms with Crippen molar-refractivity contribution in [1.82, 2.24) is 0 Å². The van der Waals surface area contributed by atoms with Crippen molar-refractivity contribution in [3.63, 3.8) is 0 Å². The van der Waals surface area contributed by atoms with Gasteiger partial charge in [-0.15, -0.1) is 0 Å². The van der Waals surface area contributed by atoms with Crippen LogP contribution in [0.1, 0.15) is 47.0 Å². The highest BCUT2D eigenvalue weighted by molar-refractivity contribution is 5.35. The van der Waals surface area contributed by atoms with Crippen LogP contribution in [-0.4, -0.2) is 11.7 Å². The van der Waals surface area contributed by atoms with E-state index in [1.54, 1.807) is 0 Å². The minimum atomic E-state index is 0.0104. The van der Waals surface area contributed by atoms with Gasteiger partial charge in [0.15, 0.2) is 0 Å². The SMILES string of the molecule is CCC12OC(C)CCC1=CC=C(C)C2C. The Morgan fingerprint density at radius 3 is 2.80 bits per heavy atom. The normalized spacial score (nSPS) is 40.5. The minimum absolute atomic E-state index is 0.0104. The smallest absolute Gasteiger partial charge is 0.0957 e. The topological polar surface area (TPSA) is 9.23 Å². The molecule has 1 heterocycles. The van der Waals surface area contributed by atoms with E-state index in [4.69, 9.17) is 4.74 Å². The second-order valence-corrected chi connectivity index (χ2v) is 5.03. The first kappa shape index (κ1) is 10.9. The number of ether oxygens (including phenoxy) is 1. The molecule has 1 fully saturated rings. The fraction of sp³-hybridized carbons (Fsp3) is 0.714. The van der Waals surface area contributed by atoms with Crippen LogP contribution in [0.4, 0.5) is 0 Å². The summed E-state index contributed by atoms with van der Waals surface area (Å²) in [5, 5.41) is 0. The van der Waals surface area contributed by atoms with Crippen LogP contribution in [0.3, 0.4) is 0 Å². The van der Waals surface area contributed by atoms with Gasteiger partial charge in [0.2, 0.25) is 0 Å². The Morgan fingerprint density at radius 1 is 1.40 bits per heavy atom. The molecule has 0 radical (unpaired) electrons. The van der Waals surface area contributed by atoms with Crippen molar-refractivity contribution < 1.29 is 4.74 Å². The molecule has 0 aromatic carbocycles. The van der Waals surface area contributed by atoms with E-state index in [0.717, 1.165) is 6.42 Å². The zero-order valence-corrected chi connectivity index (χ0v) is 10.3. The van der Waals surface area contributed by atoms with Gasteiger partial charge in [0, 0.05) is 5.92 Å². The summed E-state index contributed by atoms with van der Waals surface area (Å²) in [4.78, 5) is 0. The first-order chi connectivity index (χ1) is 7.10. The number of rotatable bonds is 1. The van der Waals surface area contributed by atoms with Crippen LogP contribution in [0.5, 0.6) is 0 Å². The molecule has 3 atom stereocenters. The van der Waals surface area contributed by atoms with Crippen LogP contribution in [0, 0.1) is 5.92 Å². The van der Waals surface area contributed by atoms with E-state index in [2.05, 4.69) is 39.8 Å². The summed E-state index contributed by atoms with van der Waals surface area (Å²) in [6.07, 6.45) is 8.46. The highest BCUT2D eigenvalue weighted by atomic mass is 16.5. The Morgan fingerprint density at radius 2 is 2.13 bits per heavy atom. The molecule has 3 unspecified atom stereocenters. The molecular weight excluding hydrogens is 184 g/mol. The quantitative estimate of drug-likeness (QED) is 0.633. The summed E-state index contributed by atoms with van der Waals surface area (Å²) >= 11 is 0. The summed E-state index contributed by atoms with van der Waals surface area (Å²) in [6, 6.07) is 0. The van der Waals surface area contributed by atoms with Gasteiger partial charge in [-0.1, -0.05) is 31.6 Å². The maximum Gasteiger partial charge on any atom is 0.0957 e. The van der Waals surface area contributed by atoms with Crippen molar-refractivity contribution in [2.24, 2.45) is 5.92 Å². The molecule has 84 valence electrons. The fourth-order valence-electron chi connectivity index (χ4n) is 3.03. The van der Waals surface area contributed by atoms with Crippen LogP contribution < -0.4 is 0 Å². The van der Waals surface area contributed by atoms with Crippen molar-refractivity contribution in [1.29, 1.82) is 0 Å². The van der Waals surface area contributed by atoms with Crippen molar-refractivity contribution in [2.75, 3.05) is 0 Å². The minimum Gasteiger partial charge on any atom is -0.367 e. The molecule has 0 spiro atoms. The van der Waals surface area contributed by atoms with Gasteiger partial charge in [0.05, 0.1) is 11.7 Å². The average Bonchev–Trinajstić information content (AvgIpc) is 2.24. The molecule has 0 saturated carbocycles. The monoisotopic (exact) mass is 206 g/mol. The molecule has 0 bridgehead atoms. The highest BCUT2D eigenvalue weighted by Crippen LogP contribution is 2.46. The summed E-state index contributed by atoms with van der Waals surface area (Å²) in [6.45, 7) is 8.98. The second-order valence-electron chi connectivity index (χ2n) is 5.03. The lowest BCUT2D eigenvalue weighted by molar-refractivity contribution is -0.111. The Hall–Kier alpha value is -0.560. The van der Waals surface area contributed by atoms with E-state index in [1.165, 1.54) is 24.0 Å². The first-order valence-electron chi connectivity index (χ1n) is 6.16. The van der Waals surface area contributed by atoms with Crippen LogP contribution in [0.15, 0.2) is 23.3 Å². The standard InChI is InChI=1S/C14H22O/c1-5-14-12(4)10(2)6-8-13(14)9-7-11(3)15-14/h6,8,11-12H,5,7,9H2,1-4H3. The van der Waals surface area contributed by atoms with E-state index < -0.39 is 0 Å². The van der Waals surface area contributed by atoms with Gasteiger partial charge in [0.1, 0.15) is 0 Å². The molecule has 1 nitrogen and oxygen atoms in total. The molecule has 2 aliphatic rings. The molecule has 15 heavy (non-hydrogen) atoms. The van der Waals surface area contributed by atoms with Gasteiger partial charge in [-0.3, -0.25) is 0 Å². The van der Waals surface area contributed by atoms with Gasteiger partial charge in [-0.05, 0) is 38.7 Å². The van der Waals surface area contributed by atoms with Crippen molar-refractivity contribution in [3.8, 4) is 0 Å². The third-order valence-corrected chi connectivity index (χ3v) is 4.23. The second kappa shape index (κ2) is 3.79. The molecule has 1 aliphatic heterocycles. The molecule has 1 heteroatoms. The van der Waals surface area contributed by atoms with Gasteiger partial charge in [0.25, 0.3) is 0 Å². The van der Waals surface area contributed by atoms with Crippen molar-refractivity contribution in [2.45, 2.75) is 58.7 Å². The lowest BCUT2D eigenvalue weighted by Crippen LogP contribution is -2.48. The molecule has 0 aromatic heterocycles. The maximum atomic E-state index is 6.30. The average molecular weight is 206 g/mol. The van der Waals surface area contributed by atoms with Crippen LogP contribution in [0.25, 0.3) is 0 Å². The Bertz CT molecular complexity index is 313. The number of fused-ring (bicyclic) bond motifs is 1. The Labute approximate surface area is 93.2 Å². The van der Waals surface area contributed by atoms with E-state index in [9.17, 15) is 0 Å². The Balaban J connectivity index is 2.39. The number of hydrogen-bond acceptors (Lipinski definition) is 1. The van der Waals surface area contributed by atoms with E-state index in [1.807, 2.05) is 0 Å². The van der Waals surface area contributed by atoms with Gasteiger partial charge >= 0.3 is 0 Å². The molecular formula is C14H22O. The summed E-state index contributed by atoms with van der Waals surface area (Å²) < 4.78 is 6.30. The van der Waals surface area contributed by atoms with Crippen LogP contribution in [-0.2, 0) is 4.74 Å². The molecule has 1 saturated heterocycles. The van der Waals surface area contributed by atoms with Gasteiger partial charge in [-0.25, -0.2) is 0 Å². The largest absolute Gasteiger partial charge is 0.367 e. The zero-order chi connectivity index (χ0) is 11.1. The molecule has 2 rings (SSSR count). The number of allylic oxidation sites excluding steroid dienone is 2. The van der Waals surface area contributed by atoms with Gasteiger partial charge < -0.3 is 4.74 Å². The summed E-state index contributed by atoms with van der Waals surface area (Å²) in [5.74, 6) is 0.533. The third kappa shape index (κ3) is 1.57. The number of hydrogen-bond donors (Lipinski definition) is 0. The maximum absolute atomic E-state index is 6.30. The van der Waals surface area contributed by atoms with Crippen LogP contribution in [0.2, 0.25) is 0 Å². The fourth-order valence-corrected chi connectivity index (χ4v) is 3.03. The zero-order valence-electron chi connectivity index (χ0n) is 10.3. The lowest BCUT2D eigenvalue weighted by Gasteiger charge is -2.48. The molecule has 0 aromatic rings. The molecule has 0 N–H and O–H groups in total. The first-order valence-corrected chi connectivity index (χ1v) is 6.16. The molecule has 0 amide bonds. The van der Waals surface area contributed by atoms with Crippen LogP contribution >= 0.6 is 0 Å². The molecule has 1 aliphatic carbocycles. The van der Waals surface area contributed by atoms with Gasteiger partial charge in [-0.2, -0.15) is 0 Å². The predicted molar refractivity (Wildman–Crippen MR) is 63.8 cm³/mol.